The van der Waals surface area contributed by atoms with Gasteiger partial charge in [0.2, 0.25) is 5.91 Å². The number of nitrogens with zero attached hydrogens (tertiary/aromatic N) is 2. The molecular formula is C20H27N3O. The quantitative estimate of drug-likeness (QED) is 0.924. The van der Waals surface area contributed by atoms with E-state index in [-0.39, 0.29) is 5.91 Å². The Bertz CT molecular complexity index is 677. The van der Waals surface area contributed by atoms with Crippen molar-refractivity contribution in [3.8, 4) is 0 Å². The summed E-state index contributed by atoms with van der Waals surface area (Å²) < 4.78 is 0. The first-order valence-corrected chi connectivity index (χ1v) is 9.18. The number of carbonyl (C=O) groups is 1. The summed E-state index contributed by atoms with van der Waals surface area (Å²) in [6.45, 7) is 7.87. The van der Waals surface area contributed by atoms with Crippen molar-refractivity contribution in [2.24, 2.45) is 5.92 Å². The highest BCUT2D eigenvalue weighted by molar-refractivity contribution is 5.94. The van der Waals surface area contributed by atoms with Crippen molar-refractivity contribution >= 4 is 5.91 Å². The molecule has 1 saturated carbocycles. The van der Waals surface area contributed by atoms with Gasteiger partial charge in [0.05, 0.1) is 0 Å². The van der Waals surface area contributed by atoms with Crippen LogP contribution in [0.5, 0.6) is 0 Å². The zero-order chi connectivity index (χ0) is 16.7. The Morgan fingerprint density at radius 2 is 2.12 bits per heavy atom. The zero-order valence-corrected chi connectivity index (χ0v) is 14.7. The van der Waals surface area contributed by atoms with Gasteiger partial charge in [0.15, 0.2) is 0 Å². The smallest absolute Gasteiger partial charge is 0.250 e. The summed E-state index contributed by atoms with van der Waals surface area (Å²) in [6.07, 6.45) is 5.53. The third-order valence-electron chi connectivity index (χ3n) is 5.79. The van der Waals surface area contributed by atoms with E-state index in [0.717, 1.165) is 51.0 Å². The lowest BCUT2D eigenvalue weighted by Crippen LogP contribution is -2.52. The van der Waals surface area contributed by atoms with Crippen molar-refractivity contribution in [3.63, 3.8) is 0 Å². The predicted octanol–water partition coefficient (Wildman–Crippen LogP) is 2.56. The average molecular weight is 325 g/mol. The van der Waals surface area contributed by atoms with E-state index in [2.05, 4.69) is 53.5 Å². The van der Waals surface area contributed by atoms with Crippen LogP contribution in [0, 0.1) is 19.8 Å². The normalized spacial score (nSPS) is 26.0. The van der Waals surface area contributed by atoms with Gasteiger partial charge in [0.1, 0.15) is 0 Å². The molecule has 1 amide bonds. The number of aryl methyl sites for hydroxylation is 1. The molecule has 3 aliphatic rings. The lowest BCUT2D eigenvalue weighted by atomic mass is 9.89. The molecule has 2 bridgehead atoms. The van der Waals surface area contributed by atoms with Crippen LogP contribution in [0.3, 0.4) is 0 Å². The molecule has 1 aliphatic carbocycles. The summed E-state index contributed by atoms with van der Waals surface area (Å²) in [5.41, 5.74) is 8.37. The third kappa shape index (κ3) is 3.01. The van der Waals surface area contributed by atoms with E-state index < -0.39 is 0 Å². The highest BCUT2D eigenvalue weighted by Gasteiger charge is 2.38. The molecular weight excluding hydrogens is 298 g/mol. The van der Waals surface area contributed by atoms with Crippen LogP contribution in [0.2, 0.25) is 0 Å². The van der Waals surface area contributed by atoms with E-state index in [1.54, 1.807) is 0 Å². The predicted molar refractivity (Wildman–Crippen MR) is 95.3 cm³/mol. The Morgan fingerprint density at radius 3 is 2.92 bits per heavy atom. The van der Waals surface area contributed by atoms with Crippen molar-refractivity contribution in [3.05, 3.63) is 46.5 Å². The second-order valence-electron chi connectivity index (χ2n) is 7.48. The van der Waals surface area contributed by atoms with Gasteiger partial charge in [-0.2, -0.15) is 0 Å². The highest BCUT2D eigenvalue weighted by Crippen LogP contribution is 2.33. The number of benzene rings is 1. The molecule has 1 saturated heterocycles. The number of hydrazine groups is 1. The van der Waals surface area contributed by atoms with Crippen LogP contribution in [-0.4, -0.2) is 41.5 Å². The standard InChI is InChI=1S/C20H27N3O/c1-14-4-3-5-16(15(14)2)13-23(18-6-7-18)20(24)19-9-11-22-12-17(19)8-10-21-22/h3-5,9,17-18,21H,6-8,10-13H2,1-2H3. The maximum absolute atomic E-state index is 13.3. The van der Waals surface area contributed by atoms with Crippen LogP contribution >= 0.6 is 0 Å². The zero-order valence-electron chi connectivity index (χ0n) is 14.7. The van der Waals surface area contributed by atoms with E-state index >= 15 is 0 Å². The fraction of sp³-hybridized carbons (Fsp3) is 0.550. The molecule has 4 rings (SSSR count). The van der Waals surface area contributed by atoms with Crippen molar-refractivity contribution in [2.45, 2.75) is 45.7 Å². The number of hydrogen-bond acceptors (Lipinski definition) is 3. The lowest BCUT2D eigenvalue weighted by molar-refractivity contribution is -0.129. The van der Waals surface area contributed by atoms with Crippen LogP contribution in [0.4, 0.5) is 0 Å². The molecule has 0 radical (unpaired) electrons. The maximum atomic E-state index is 13.3. The van der Waals surface area contributed by atoms with Gasteiger partial charge in [-0.05, 0) is 49.8 Å². The molecule has 4 heteroatoms. The van der Waals surface area contributed by atoms with Crippen LogP contribution in [0.15, 0.2) is 29.8 Å². The molecule has 2 aliphatic heterocycles. The van der Waals surface area contributed by atoms with E-state index in [1.807, 2.05) is 0 Å². The van der Waals surface area contributed by atoms with E-state index in [9.17, 15) is 4.79 Å². The number of nitrogens with one attached hydrogen (secondary N) is 1. The Balaban J connectivity index is 1.57. The Hall–Kier alpha value is -1.65. The molecule has 2 unspecified atom stereocenters. The minimum Gasteiger partial charge on any atom is -0.332 e. The molecule has 1 aromatic rings. The van der Waals surface area contributed by atoms with Crippen LogP contribution in [0.1, 0.15) is 36.0 Å². The van der Waals surface area contributed by atoms with Crippen molar-refractivity contribution in [1.82, 2.24) is 15.3 Å². The van der Waals surface area contributed by atoms with Gasteiger partial charge in [0, 0.05) is 43.7 Å². The largest absolute Gasteiger partial charge is 0.332 e. The van der Waals surface area contributed by atoms with Crippen LogP contribution in [-0.2, 0) is 11.3 Å². The Morgan fingerprint density at radius 1 is 1.29 bits per heavy atom. The summed E-state index contributed by atoms with van der Waals surface area (Å²) in [7, 11) is 0. The van der Waals surface area contributed by atoms with E-state index in [1.165, 1.54) is 16.7 Å². The number of carbonyl (C=O) groups excluding carboxylic acids is 1. The van der Waals surface area contributed by atoms with Crippen molar-refractivity contribution in [2.75, 3.05) is 19.6 Å². The van der Waals surface area contributed by atoms with Gasteiger partial charge in [0.25, 0.3) is 0 Å². The molecule has 2 heterocycles. The van der Waals surface area contributed by atoms with Gasteiger partial charge in [-0.1, -0.05) is 24.3 Å². The first-order valence-electron chi connectivity index (χ1n) is 9.18. The molecule has 4 nitrogen and oxygen atoms in total. The second kappa shape index (κ2) is 6.34. The molecule has 24 heavy (non-hydrogen) atoms. The average Bonchev–Trinajstić information content (AvgIpc) is 3.41. The molecule has 0 aromatic heterocycles. The summed E-state index contributed by atoms with van der Waals surface area (Å²) in [5.74, 6) is 0.678. The maximum Gasteiger partial charge on any atom is 0.250 e. The van der Waals surface area contributed by atoms with Crippen LogP contribution in [0.25, 0.3) is 0 Å². The molecule has 2 fully saturated rings. The SMILES string of the molecule is Cc1cccc(CN(C(=O)C2=CCN3CC2CCN3)C2CC2)c1C. The topological polar surface area (TPSA) is 35.6 Å². The summed E-state index contributed by atoms with van der Waals surface area (Å²) in [4.78, 5) is 15.4. The first-order chi connectivity index (χ1) is 11.6. The van der Waals surface area contributed by atoms with Crippen molar-refractivity contribution < 1.29 is 4.79 Å². The van der Waals surface area contributed by atoms with Gasteiger partial charge < -0.3 is 4.90 Å². The third-order valence-corrected chi connectivity index (χ3v) is 5.79. The molecule has 128 valence electrons. The minimum absolute atomic E-state index is 0.282. The van der Waals surface area contributed by atoms with E-state index in [0.29, 0.717) is 12.0 Å². The molecule has 1 N–H and O–H groups in total. The van der Waals surface area contributed by atoms with Crippen molar-refractivity contribution in [1.29, 1.82) is 0 Å². The Kier molecular flexibility index (Phi) is 4.19. The first kappa shape index (κ1) is 15.9. The van der Waals surface area contributed by atoms with E-state index in [4.69, 9.17) is 0 Å². The minimum atomic E-state index is 0.282. The lowest BCUT2D eigenvalue weighted by Gasteiger charge is -2.39. The molecule has 1 aromatic carbocycles. The molecule has 0 spiro atoms. The fourth-order valence-corrected chi connectivity index (χ4v) is 3.93. The van der Waals surface area contributed by atoms with Gasteiger partial charge >= 0.3 is 0 Å². The summed E-state index contributed by atoms with van der Waals surface area (Å²) >= 11 is 0. The molecule has 2 atom stereocenters. The number of hydrogen-bond donors (Lipinski definition) is 1. The number of rotatable bonds is 4. The second-order valence-corrected chi connectivity index (χ2v) is 7.48. The van der Waals surface area contributed by atoms with Gasteiger partial charge in [-0.25, -0.2) is 5.01 Å². The summed E-state index contributed by atoms with van der Waals surface area (Å²) in [5, 5.41) is 2.23. The fourth-order valence-electron chi connectivity index (χ4n) is 3.93. The number of fused-ring (bicyclic) bond motifs is 2. The summed E-state index contributed by atoms with van der Waals surface area (Å²) in [6, 6.07) is 6.87. The number of amides is 1. The van der Waals surface area contributed by atoms with Gasteiger partial charge in [-0.15, -0.1) is 0 Å². The highest BCUT2D eigenvalue weighted by atomic mass is 16.2. The van der Waals surface area contributed by atoms with Crippen LogP contribution < -0.4 is 5.43 Å². The van der Waals surface area contributed by atoms with Gasteiger partial charge in [-0.3, -0.25) is 10.2 Å². The Labute approximate surface area is 144 Å². The monoisotopic (exact) mass is 325 g/mol.